The molecular weight excluding hydrogens is 383 g/mol. The number of hydrogen-bond donors (Lipinski definition) is 2. The zero-order valence-corrected chi connectivity index (χ0v) is 14.1. The fourth-order valence-corrected chi connectivity index (χ4v) is 2.49. The maximum atomic E-state index is 13.2. The number of benzene rings is 2. The Balaban J connectivity index is 1.78. The van der Waals surface area contributed by atoms with Crippen molar-refractivity contribution in [3.8, 4) is 0 Å². The van der Waals surface area contributed by atoms with Crippen LogP contribution in [-0.4, -0.2) is 9.97 Å². The van der Waals surface area contributed by atoms with Gasteiger partial charge in [0, 0.05) is 22.0 Å². The summed E-state index contributed by atoms with van der Waals surface area (Å²) < 4.78 is 14.1. The molecule has 1 aromatic heterocycles. The van der Waals surface area contributed by atoms with Crippen LogP contribution in [0.1, 0.15) is 0 Å². The molecule has 0 amide bonds. The molecule has 4 nitrogen and oxygen atoms in total. The van der Waals surface area contributed by atoms with E-state index in [2.05, 4.69) is 36.5 Å². The lowest BCUT2D eigenvalue weighted by atomic mass is 10.3. The SMILES string of the molecule is Fc1ccc(Nc2ccnc(Nc3cccc(Br)c3)n2)cc1Cl. The molecule has 3 rings (SSSR count). The number of hydrogen-bond acceptors (Lipinski definition) is 4. The van der Waals surface area contributed by atoms with Gasteiger partial charge < -0.3 is 10.6 Å². The first kappa shape index (κ1) is 15.7. The topological polar surface area (TPSA) is 49.8 Å². The Labute approximate surface area is 145 Å². The zero-order chi connectivity index (χ0) is 16.2. The summed E-state index contributed by atoms with van der Waals surface area (Å²) in [6.45, 7) is 0. The first-order valence-corrected chi connectivity index (χ1v) is 7.85. The van der Waals surface area contributed by atoms with E-state index in [1.807, 2.05) is 24.3 Å². The monoisotopic (exact) mass is 392 g/mol. The van der Waals surface area contributed by atoms with Gasteiger partial charge in [0.2, 0.25) is 5.95 Å². The second kappa shape index (κ2) is 6.93. The summed E-state index contributed by atoms with van der Waals surface area (Å²) in [5.41, 5.74) is 1.50. The maximum Gasteiger partial charge on any atom is 0.229 e. The second-order valence-corrected chi connectivity index (χ2v) is 5.98. The van der Waals surface area contributed by atoms with Gasteiger partial charge >= 0.3 is 0 Å². The molecular formula is C16H11BrClFN4. The molecule has 0 bridgehead atoms. The van der Waals surface area contributed by atoms with Crippen molar-refractivity contribution < 1.29 is 4.39 Å². The molecule has 0 saturated heterocycles. The highest BCUT2D eigenvalue weighted by molar-refractivity contribution is 9.10. The largest absolute Gasteiger partial charge is 0.340 e. The highest BCUT2D eigenvalue weighted by atomic mass is 79.9. The number of nitrogens with one attached hydrogen (secondary N) is 2. The lowest BCUT2D eigenvalue weighted by molar-refractivity contribution is 0.628. The van der Waals surface area contributed by atoms with Crippen LogP contribution in [0.3, 0.4) is 0 Å². The third-order valence-electron chi connectivity index (χ3n) is 2.93. The van der Waals surface area contributed by atoms with Crippen molar-refractivity contribution in [2.75, 3.05) is 10.6 Å². The Bertz CT molecular complexity index is 844. The number of aromatic nitrogens is 2. The summed E-state index contributed by atoms with van der Waals surface area (Å²) >= 11 is 9.18. The van der Waals surface area contributed by atoms with Crippen molar-refractivity contribution in [3.05, 3.63) is 70.0 Å². The van der Waals surface area contributed by atoms with Crippen LogP contribution in [0.5, 0.6) is 0 Å². The van der Waals surface area contributed by atoms with Crippen LogP contribution in [0, 0.1) is 5.82 Å². The average molecular weight is 394 g/mol. The van der Waals surface area contributed by atoms with Gasteiger partial charge in [0.15, 0.2) is 0 Å². The highest BCUT2D eigenvalue weighted by Crippen LogP contribution is 2.23. The summed E-state index contributed by atoms with van der Waals surface area (Å²) in [7, 11) is 0. The molecule has 23 heavy (non-hydrogen) atoms. The number of rotatable bonds is 4. The van der Waals surface area contributed by atoms with Gasteiger partial charge in [-0.2, -0.15) is 4.98 Å². The Morgan fingerprint density at radius 3 is 2.61 bits per heavy atom. The first-order valence-electron chi connectivity index (χ1n) is 6.68. The summed E-state index contributed by atoms with van der Waals surface area (Å²) in [4.78, 5) is 8.53. The molecule has 0 aliphatic carbocycles. The van der Waals surface area contributed by atoms with E-state index in [1.165, 1.54) is 12.1 Å². The minimum atomic E-state index is -0.461. The van der Waals surface area contributed by atoms with E-state index in [0.29, 0.717) is 17.5 Å². The van der Waals surface area contributed by atoms with Gasteiger partial charge in [0.25, 0.3) is 0 Å². The van der Waals surface area contributed by atoms with Gasteiger partial charge in [-0.25, -0.2) is 9.37 Å². The van der Waals surface area contributed by atoms with E-state index in [9.17, 15) is 4.39 Å². The summed E-state index contributed by atoms with van der Waals surface area (Å²) in [6, 6.07) is 13.8. The Kier molecular flexibility index (Phi) is 4.73. The molecule has 0 saturated carbocycles. The standard InChI is InChI=1S/C16H11BrClFN4/c17-10-2-1-3-11(8-10)22-16-20-7-6-15(23-16)21-12-4-5-14(19)13(18)9-12/h1-9H,(H2,20,21,22,23). The highest BCUT2D eigenvalue weighted by Gasteiger charge is 2.04. The number of anilines is 4. The summed E-state index contributed by atoms with van der Waals surface area (Å²) in [5.74, 6) is 0.554. The normalized spacial score (nSPS) is 10.4. The zero-order valence-electron chi connectivity index (χ0n) is 11.7. The smallest absolute Gasteiger partial charge is 0.229 e. The van der Waals surface area contributed by atoms with Crippen LogP contribution in [-0.2, 0) is 0 Å². The van der Waals surface area contributed by atoms with Crippen LogP contribution >= 0.6 is 27.5 Å². The predicted octanol–water partition coefficient (Wildman–Crippen LogP) is 5.52. The third kappa shape index (κ3) is 4.18. The van der Waals surface area contributed by atoms with Crippen molar-refractivity contribution >= 4 is 50.7 Å². The molecule has 116 valence electrons. The van der Waals surface area contributed by atoms with Crippen LogP contribution in [0.2, 0.25) is 5.02 Å². The van der Waals surface area contributed by atoms with E-state index >= 15 is 0 Å². The molecule has 2 N–H and O–H groups in total. The molecule has 0 spiro atoms. The minimum Gasteiger partial charge on any atom is -0.340 e. The molecule has 7 heteroatoms. The van der Waals surface area contributed by atoms with Gasteiger partial charge in [0.05, 0.1) is 5.02 Å². The lowest BCUT2D eigenvalue weighted by Gasteiger charge is -2.09. The van der Waals surface area contributed by atoms with Gasteiger partial charge in [-0.1, -0.05) is 33.6 Å². The van der Waals surface area contributed by atoms with Gasteiger partial charge in [-0.15, -0.1) is 0 Å². The fourth-order valence-electron chi connectivity index (χ4n) is 1.91. The second-order valence-electron chi connectivity index (χ2n) is 4.65. The molecule has 0 aliphatic heterocycles. The van der Waals surface area contributed by atoms with Crippen molar-refractivity contribution in [3.63, 3.8) is 0 Å². The number of nitrogens with zero attached hydrogens (tertiary/aromatic N) is 2. The molecule has 0 fully saturated rings. The van der Waals surface area contributed by atoms with Crippen molar-refractivity contribution in [1.29, 1.82) is 0 Å². The average Bonchev–Trinajstić information content (AvgIpc) is 2.51. The molecule has 1 heterocycles. The van der Waals surface area contributed by atoms with Crippen LogP contribution in [0.15, 0.2) is 59.2 Å². The molecule has 0 radical (unpaired) electrons. The molecule has 0 unspecified atom stereocenters. The van der Waals surface area contributed by atoms with Gasteiger partial charge in [0.1, 0.15) is 11.6 Å². The lowest BCUT2D eigenvalue weighted by Crippen LogP contribution is -2.00. The molecule has 2 aromatic carbocycles. The first-order chi connectivity index (χ1) is 11.1. The summed E-state index contributed by atoms with van der Waals surface area (Å²) in [5, 5.41) is 6.22. The van der Waals surface area contributed by atoms with Crippen LogP contribution < -0.4 is 10.6 Å². The Hall–Kier alpha value is -2.18. The van der Waals surface area contributed by atoms with E-state index in [4.69, 9.17) is 11.6 Å². The van der Waals surface area contributed by atoms with Gasteiger partial charge in [-0.05, 0) is 42.5 Å². The molecule has 0 aliphatic rings. The van der Waals surface area contributed by atoms with Crippen LogP contribution in [0.25, 0.3) is 0 Å². The van der Waals surface area contributed by atoms with E-state index < -0.39 is 5.82 Å². The predicted molar refractivity (Wildman–Crippen MR) is 94.1 cm³/mol. The van der Waals surface area contributed by atoms with Crippen LogP contribution in [0.4, 0.5) is 27.5 Å². The van der Waals surface area contributed by atoms with E-state index in [0.717, 1.165) is 10.2 Å². The fraction of sp³-hybridized carbons (Fsp3) is 0. The van der Waals surface area contributed by atoms with Crippen molar-refractivity contribution in [1.82, 2.24) is 9.97 Å². The Morgan fingerprint density at radius 2 is 1.83 bits per heavy atom. The van der Waals surface area contributed by atoms with Crippen molar-refractivity contribution in [2.24, 2.45) is 0 Å². The Morgan fingerprint density at radius 1 is 1.00 bits per heavy atom. The van der Waals surface area contributed by atoms with Crippen molar-refractivity contribution in [2.45, 2.75) is 0 Å². The minimum absolute atomic E-state index is 0.0524. The third-order valence-corrected chi connectivity index (χ3v) is 3.71. The summed E-state index contributed by atoms with van der Waals surface area (Å²) in [6.07, 6.45) is 1.63. The quantitative estimate of drug-likeness (QED) is 0.613. The van der Waals surface area contributed by atoms with Gasteiger partial charge in [-0.3, -0.25) is 0 Å². The molecule has 3 aromatic rings. The molecule has 0 atom stereocenters. The van der Waals surface area contributed by atoms with E-state index in [-0.39, 0.29) is 5.02 Å². The van der Waals surface area contributed by atoms with E-state index in [1.54, 1.807) is 18.3 Å². The number of halogens is 3. The maximum absolute atomic E-state index is 13.2.